The standard InChI is InChI=1S/C40H32ClF10N7O5S2/c1-36(2,64(3,60)61)10-9-21-5-6-22(23-7-8-25(41)28-31(23)58(17-38(44,45)46)55-35(28)56-65(4,62)63)30(52-21)26(13-18-11-19(42)14-20(43)12-18)53-27(59)16-57-34-29(33(54-57)40(49,50)51)37-15-24(37)32(37)39(34,47)48/h5-8,11-12,14,24,26,32H,13,15-17H2,1-4H3,(H,53,59)(H,55,56)/t24?,26-,32+,37-/m0/s1. The fourth-order valence-electron chi connectivity index (χ4n) is 8.56. The summed E-state index contributed by atoms with van der Waals surface area (Å²) in [4.78, 5) is 18.6. The maximum Gasteiger partial charge on any atom is 0.435 e. The average Bonchev–Trinajstić information content (AvgIpc) is 3.89. The van der Waals surface area contributed by atoms with Gasteiger partial charge in [0.2, 0.25) is 15.9 Å². The van der Waals surface area contributed by atoms with Crippen LogP contribution in [0.5, 0.6) is 0 Å². The number of sulfonamides is 1. The molecular weight excluding hydrogens is 948 g/mol. The van der Waals surface area contributed by atoms with Crippen LogP contribution in [0, 0.1) is 35.3 Å². The first-order valence-corrected chi connectivity index (χ1v) is 23.3. The molecule has 0 aliphatic heterocycles. The van der Waals surface area contributed by atoms with E-state index in [1.807, 2.05) is 4.72 Å². The highest BCUT2D eigenvalue weighted by atomic mass is 35.5. The summed E-state index contributed by atoms with van der Waals surface area (Å²) in [6.45, 7) is -0.532. The van der Waals surface area contributed by atoms with E-state index in [1.54, 1.807) is 0 Å². The third kappa shape index (κ3) is 8.27. The van der Waals surface area contributed by atoms with Gasteiger partial charge in [-0.25, -0.2) is 30.6 Å². The summed E-state index contributed by atoms with van der Waals surface area (Å²) in [6, 6.07) is 5.28. The van der Waals surface area contributed by atoms with E-state index in [0.29, 0.717) is 17.0 Å². The lowest BCUT2D eigenvalue weighted by Crippen LogP contribution is -2.35. The van der Waals surface area contributed by atoms with Crippen LogP contribution >= 0.6 is 11.6 Å². The molecule has 4 atom stereocenters. The number of nitrogens with one attached hydrogen (secondary N) is 2. The molecule has 8 rings (SSSR count). The predicted molar refractivity (Wildman–Crippen MR) is 214 cm³/mol. The van der Waals surface area contributed by atoms with Gasteiger partial charge in [0.1, 0.15) is 40.9 Å². The van der Waals surface area contributed by atoms with Gasteiger partial charge in [0.25, 0.3) is 5.92 Å². The number of benzene rings is 2. The van der Waals surface area contributed by atoms with Crippen LogP contribution in [-0.2, 0) is 61.7 Å². The number of fused-ring (bicyclic) bond motifs is 3. The number of aromatic nitrogens is 5. The van der Waals surface area contributed by atoms with Gasteiger partial charge in [0.05, 0.1) is 33.9 Å². The molecule has 346 valence electrons. The molecule has 2 fully saturated rings. The molecule has 2 N–H and O–H groups in total. The number of halogens is 11. The monoisotopic (exact) mass is 979 g/mol. The number of hydrogen-bond acceptors (Lipinski definition) is 8. The van der Waals surface area contributed by atoms with E-state index >= 15 is 8.78 Å². The van der Waals surface area contributed by atoms with Crippen LogP contribution < -0.4 is 10.0 Å². The molecule has 3 aliphatic carbocycles. The number of pyridine rings is 1. The summed E-state index contributed by atoms with van der Waals surface area (Å²) in [7, 11) is -8.06. The highest BCUT2D eigenvalue weighted by molar-refractivity contribution is 7.92. The highest BCUT2D eigenvalue weighted by Gasteiger charge is 2.92. The number of amides is 1. The number of carbonyl (C=O) groups is 1. The maximum atomic E-state index is 15.7. The lowest BCUT2D eigenvalue weighted by molar-refractivity contribution is -0.143. The van der Waals surface area contributed by atoms with E-state index < -0.39 is 132 Å². The van der Waals surface area contributed by atoms with Crippen LogP contribution in [0.4, 0.5) is 49.7 Å². The van der Waals surface area contributed by atoms with Gasteiger partial charge in [-0.15, -0.1) is 0 Å². The van der Waals surface area contributed by atoms with Gasteiger partial charge in [-0.1, -0.05) is 23.6 Å². The van der Waals surface area contributed by atoms with E-state index in [4.69, 9.17) is 11.6 Å². The van der Waals surface area contributed by atoms with Crippen molar-refractivity contribution < 1.29 is 65.5 Å². The second kappa shape index (κ2) is 14.8. The predicted octanol–water partition coefficient (Wildman–Crippen LogP) is 7.45. The molecular formula is C40H32ClF10N7O5S2. The molecule has 2 saturated carbocycles. The van der Waals surface area contributed by atoms with Gasteiger partial charge >= 0.3 is 12.4 Å². The van der Waals surface area contributed by atoms with Gasteiger partial charge in [-0.2, -0.15) is 45.3 Å². The van der Waals surface area contributed by atoms with Crippen molar-refractivity contribution in [1.82, 2.24) is 29.9 Å². The summed E-state index contributed by atoms with van der Waals surface area (Å²) in [5.41, 5.74) is -6.45. The minimum atomic E-state index is -5.18. The zero-order valence-corrected chi connectivity index (χ0v) is 36.2. The van der Waals surface area contributed by atoms with Crippen molar-refractivity contribution in [1.29, 1.82) is 0 Å². The van der Waals surface area contributed by atoms with Crippen molar-refractivity contribution in [2.75, 3.05) is 17.2 Å². The fraction of sp³-hybridized carbons (Fsp3) is 0.400. The quantitative estimate of drug-likeness (QED) is 0.102. The molecule has 12 nitrogen and oxygen atoms in total. The molecule has 3 aliphatic rings. The van der Waals surface area contributed by atoms with Crippen LogP contribution in [-0.4, -0.2) is 70.7 Å². The summed E-state index contributed by atoms with van der Waals surface area (Å²) in [5.74, 6) is -4.86. The Balaban J connectivity index is 1.33. The summed E-state index contributed by atoms with van der Waals surface area (Å²) >= 11 is 6.47. The van der Waals surface area contributed by atoms with Gasteiger partial charge in [0, 0.05) is 40.3 Å². The van der Waals surface area contributed by atoms with E-state index in [9.17, 15) is 56.8 Å². The Morgan fingerprint density at radius 1 is 0.954 bits per heavy atom. The van der Waals surface area contributed by atoms with E-state index in [1.165, 1.54) is 38.1 Å². The van der Waals surface area contributed by atoms with E-state index in [0.717, 1.165) is 18.4 Å². The number of sulfone groups is 1. The van der Waals surface area contributed by atoms with Crippen molar-refractivity contribution in [3.05, 3.63) is 93.0 Å². The van der Waals surface area contributed by atoms with E-state index in [-0.39, 0.29) is 49.6 Å². The van der Waals surface area contributed by atoms with Crippen LogP contribution in [0.3, 0.4) is 0 Å². The Kier molecular flexibility index (Phi) is 10.5. The molecule has 65 heavy (non-hydrogen) atoms. The Morgan fingerprint density at radius 3 is 2.18 bits per heavy atom. The SMILES string of the molecule is CC(C)(C#Cc1ccc(-c2ccc(Cl)c3c(NS(C)(=O)=O)nn(CC(F)(F)F)c23)c([C@H](Cc2cc(F)cc(F)c2)NC(=O)Cn2nc(C(F)(F)F)c3c2C(F)(F)[C@@H]2C4C[C@@]342)n1)S(C)(=O)=O. The summed E-state index contributed by atoms with van der Waals surface area (Å²) < 4.78 is 197. The molecule has 25 heteroatoms. The molecule has 1 amide bonds. The normalized spacial score (nSPS) is 20.4. The van der Waals surface area contributed by atoms with Crippen LogP contribution in [0.2, 0.25) is 5.02 Å². The average molecular weight is 980 g/mol. The van der Waals surface area contributed by atoms with Crippen molar-refractivity contribution in [3.63, 3.8) is 0 Å². The topological polar surface area (TPSA) is 158 Å². The third-order valence-corrected chi connectivity index (χ3v) is 14.5. The first-order valence-electron chi connectivity index (χ1n) is 19.1. The molecule has 0 radical (unpaired) electrons. The molecule has 5 aromatic rings. The molecule has 2 aromatic carbocycles. The van der Waals surface area contributed by atoms with Crippen molar-refractivity contribution >= 4 is 54.1 Å². The van der Waals surface area contributed by atoms with Gasteiger partial charge < -0.3 is 5.32 Å². The Hall–Kier alpha value is -5.41. The first-order chi connectivity index (χ1) is 29.8. The Morgan fingerprint density at radius 2 is 1.60 bits per heavy atom. The molecule has 0 saturated heterocycles. The van der Waals surface area contributed by atoms with Gasteiger partial charge in [0.15, 0.2) is 21.3 Å². The fourth-order valence-corrected chi connectivity index (χ4v) is 9.53. The van der Waals surface area contributed by atoms with E-state index in [2.05, 4.69) is 32.3 Å². The van der Waals surface area contributed by atoms with Crippen molar-refractivity contribution in [2.45, 2.75) is 74.3 Å². The number of rotatable bonds is 11. The maximum absolute atomic E-state index is 15.7. The van der Waals surface area contributed by atoms with Crippen LogP contribution in [0.25, 0.3) is 22.0 Å². The first kappa shape index (κ1) is 46.1. The largest absolute Gasteiger partial charge is 0.435 e. The number of anilines is 1. The molecule has 0 bridgehead atoms. The van der Waals surface area contributed by atoms with Crippen LogP contribution in [0.15, 0.2) is 42.5 Å². The van der Waals surface area contributed by atoms with Crippen molar-refractivity contribution in [2.24, 2.45) is 11.8 Å². The molecule has 1 unspecified atom stereocenters. The Labute approximate surface area is 367 Å². The second-order valence-electron chi connectivity index (χ2n) is 16.8. The zero-order chi connectivity index (χ0) is 47.8. The number of nitrogens with zero attached hydrogens (tertiary/aromatic N) is 5. The number of carbonyl (C=O) groups excluding carboxylic acids is 1. The molecule has 1 spiro atoms. The molecule has 3 aromatic heterocycles. The minimum absolute atomic E-state index is 0.0776. The van der Waals surface area contributed by atoms with Gasteiger partial charge in [-0.3, -0.25) is 18.9 Å². The zero-order valence-electron chi connectivity index (χ0n) is 33.9. The third-order valence-electron chi connectivity index (χ3n) is 11.7. The molecule has 3 heterocycles. The second-order valence-corrected chi connectivity index (χ2v) is 21.5. The summed E-state index contributed by atoms with van der Waals surface area (Å²) in [6.07, 6.45) is -9.13. The summed E-state index contributed by atoms with van der Waals surface area (Å²) in [5, 5.41) is 9.12. The lowest BCUT2D eigenvalue weighted by Gasteiger charge is -2.23. The highest BCUT2D eigenvalue weighted by Crippen LogP contribution is 2.89. The van der Waals surface area contributed by atoms with Gasteiger partial charge in [-0.05, 0) is 74.4 Å². The Bertz CT molecular complexity index is 3140. The minimum Gasteiger partial charge on any atom is -0.346 e. The van der Waals surface area contributed by atoms with Crippen molar-refractivity contribution in [3.8, 4) is 23.0 Å². The smallest absolute Gasteiger partial charge is 0.346 e. The number of hydrogen-bond donors (Lipinski definition) is 2. The van der Waals surface area contributed by atoms with Crippen LogP contribution in [0.1, 0.15) is 60.2 Å². The lowest BCUT2D eigenvalue weighted by atomic mass is 9.93. The number of alkyl halides is 8.